The van der Waals surface area contributed by atoms with E-state index in [4.69, 9.17) is 9.40 Å². The third kappa shape index (κ3) is 4.73. The summed E-state index contributed by atoms with van der Waals surface area (Å²) in [6.07, 6.45) is 0. The van der Waals surface area contributed by atoms with E-state index < -0.39 is 0 Å². The van der Waals surface area contributed by atoms with E-state index in [1.54, 1.807) is 0 Å². The lowest BCUT2D eigenvalue weighted by atomic mass is 9.99. The molecule has 0 atom stereocenters. The Bertz CT molecular complexity index is 3150. The number of furan rings is 1. The SMILES string of the molecule is c1ccc(-c2nc3ccccc3n2-c2ccc(-c3ccc4oc5ccc(-c6ccc7c(c6)c6ccccc6n7-c6ccccc6)cc5c4c3)cc2)cc1. The fourth-order valence-corrected chi connectivity index (χ4v) is 8.02. The molecule has 4 heteroatoms. The standard InChI is InChI=1S/C49H31N3O/c1-3-11-33(12-4-1)49-50-43-16-8-10-18-46(43)52(49)38-24-19-32(20-25-38)34-22-27-47-41(30-34)42-31-36(23-28-48(42)53-47)35-21-26-45-40(29-35)39-15-7-9-17-44(39)51(45)37-13-5-2-6-14-37/h1-31H. The average molecular weight is 678 g/mol. The molecule has 0 N–H and O–H groups in total. The van der Waals surface area contributed by atoms with Gasteiger partial charge < -0.3 is 8.98 Å². The third-order valence-electron chi connectivity index (χ3n) is 10.5. The van der Waals surface area contributed by atoms with Crippen LogP contribution < -0.4 is 0 Å². The number of hydrogen-bond donors (Lipinski definition) is 0. The Morgan fingerprint density at radius 3 is 1.60 bits per heavy atom. The van der Waals surface area contributed by atoms with Crippen molar-refractivity contribution in [3.63, 3.8) is 0 Å². The van der Waals surface area contributed by atoms with Gasteiger partial charge in [0.15, 0.2) is 0 Å². The number of imidazole rings is 1. The molecule has 0 saturated heterocycles. The van der Waals surface area contributed by atoms with Gasteiger partial charge in [0.2, 0.25) is 0 Å². The van der Waals surface area contributed by atoms with Crippen LogP contribution in [0.15, 0.2) is 192 Å². The van der Waals surface area contributed by atoms with Crippen LogP contribution >= 0.6 is 0 Å². The first-order chi connectivity index (χ1) is 26.3. The van der Waals surface area contributed by atoms with Crippen LogP contribution in [0.4, 0.5) is 0 Å². The van der Waals surface area contributed by atoms with Gasteiger partial charge in [0.1, 0.15) is 17.0 Å². The molecule has 0 spiro atoms. The fourth-order valence-electron chi connectivity index (χ4n) is 8.02. The zero-order chi connectivity index (χ0) is 34.9. The molecule has 0 fully saturated rings. The predicted octanol–water partition coefficient (Wildman–Crippen LogP) is 13.0. The van der Waals surface area contributed by atoms with Crippen molar-refractivity contribution in [2.45, 2.75) is 0 Å². The van der Waals surface area contributed by atoms with Crippen LogP contribution in [-0.2, 0) is 0 Å². The topological polar surface area (TPSA) is 35.9 Å². The second kappa shape index (κ2) is 11.7. The molecule has 0 aliphatic carbocycles. The maximum atomic E-state index is 6.36. The minimum atomic E-state index is 0.885. The summed E-state index contributed by atoms with van der Waals surface area (Å²) in [6, 6.07) is 66.7. The molecule has 0 aliphatic rings. The molecule has 11 rings (SSSR count). The summed E-state index contributed by atoms with van der Waals surface area (Å²) in [5.74, 6) is 0.933. The minimum absolute atomic E-state index is 0.885. The van der Waals surface area contributed by atoms with Gasteiger partial charge >= 0.3 is 0 Å². The van der Waals surface area contributed by atoms with Crippen molar-refractivity contribution in [1.29, 1.82) is 0 Å². The van der Waals surface area contributed by atoms with E-state index in [0.29, 0.717) is 0 Å². The molecule has 0 saturated carbocycles. The Hall–Kier alpha value is -7.17. The molecule has 4 nitrogen and oxygen atoms in total. The lowest BCUT2D eigenvalue weighted by Crippen LogP contribution is -1.97. The Morgan fingerprint density at radius 2 is 0.868 bits per heavy atom. The van der Waals surface area contributed by atoms with Crippen molar-refractivity contribution in [1.82, 2.24) is 14.1 Å². The summed E-state index contributed by atoms with van der Waals surface area (Å²) in [5.41, 5.74) is 14.2. The molecule has 0 aliphatic heterocycles. The first kappa shape index (κ1) is 29.5. The first-order valence-electron chi connectivity index (χ1n) is 18.0. The van der Waals surface area contributed by atoms with Crippen molar-refractivity contribution >= 4 is 54.8 Å². The molecule has 53 heavy (non-hydrogen) atoms. The molecule has 0 bridgehead atoms. The molecule has 0 radical (unpaired) electrons. The van der Waals surface area contributed by atoms with Crippen LogP contribution in [0.1, 0.15) is 0 Å². The zero-order valence-corrected chi connectivity index (χ0v) is 28.6. The Balaban J connectivity index is 0.988. The Morgan fingerprint density at radius 1 is 0.340 bits per heavy atom. The van der Waals surface area contributed by atoms with Gasteiger partial charge in [-0.25, -0.2) is 4.98 Å². The largest absolute Gasteiger partial charge is 0.456 e. The monoisotopic (exact) mass is 677 g/mol. The molecular weight excluding hydrogens is 647 g/mol. The summed E-state index contributed by atoms with van der Waals surface area (Å²) in [6.45, 7) is 0. The van der Waals surface area contributed by atoms with Gasteiger partial charge in [-0.15, -0.1) is 0 Å². The van der Waals surface area contributed by atoms with E-state index in [1.807, 2.05) is 12.1 Å². The van der Waals surface area contributed by atoms with Gasteiger partial charge in [-0.05, 0) is 101 Å². The van der Waals surface area contributed by atoms with Crippen LogP contribution in [0.2, 0.25) is 0 Å². The van der Waals surface area contributed by atoms with Gasteiger partial charge in [-0.3, -0.25) is 4.57 Å². The van der Waals surface area contributed by atoms with Crippen LogP contribution in [0.5, 0.6) is 0 Å². The maximum Gasteiger partial charge on any atom is 0.145 e. The van der Waals surface area contributed by atoms with Crippen LogP contribution in [0.25, 0.3) is 99.8 Å². The Kier molecular flexibility index (Phi) is 6.52. The second-order valence-electron chi connectivity index (χ2n) is 13.6. The molecule has 0 unspecified atom stereocenters. The van der Waals surface area contributed by atoms with E-state index in [2.05, 4.69) is 185 Å². The number of para-hydroxylation sites is 4. The van der Waals surface area contributed by atoms with Crippen molar-refractivity contribution in [2.24, 2.45) is 0 Å². The molecule has 8 aromatic carbocycles. The van der Waals surface area contributed by atoms with Gasteiger partial charge in [0, 0.05) is 38.5 Å². The van der Waals surface area contributed by atoms with Crippen LogP contribution in [-0.4, -0.2) is 14.1 Å². The number of hydrogen-bond acceptors (Lipinski definition) is 2. The van der Waals surface area contributed by atoms with E-state index >= 15 is 0 Å². The van der Waals surface area contributed by atoms with Crippen molar-refractivity contribution in [3.8, 4) is 45.0 Å². The van der Waals surface area contributed by atoms with Crippen molar-refractivity contribution in [2.75, 3.05) is 0 Å². The molecular formula is C49H31N3O. The van der Waals surface area contributed by atoms with Gasteiger partial charge in [0.25, 0.3) is 0 Å². The first-order valence-corrected chi connectivity index (χ1v) is 18.0. The molecule has 0 amide bonds. The quantitative estimate of drug-likeness (QED) is 0.182. The lowest BCUT2D eigenvalue weighted by Gasteiger charge is -2.11. The highest BCUT2D eigenvalue weighted by atomic mass is 16.3. The van der Waals surface area contributed by atoms with E-state index in [-0.39, 0.29) is 0 Å². The smallest absolute Gasteiger partial charge is 0.145 e. The summed E-state index contributed by atoms with van der Waals surface area (Å²) in [4.78, 5) is 5.02. The number of rotatable bonds is 5. The Labute approximate surface area is 305 Å². The molecule has 3 aromatic heterocycles. The summed E-state index contributed by atoms with van der Waals surface area (Å²) >= 11 is 0. The highest BCUT2D eigenvalue weighted by molar-refractivity contribution is 6.11. The van der Waals surface area contributed by atoms with Crippen LogP contribution in [0, 0.1) is 0 Å². The fraction of sp³-hybridized carbons (Fsp3) is 0. The average Bonchev–Trinajstić information content (AvgIpc) is 3.90. The summed E-state index contributed by atoms with van der Waals surface area (Å²) < 4.78 is 11.0. The van der Waals surface area contributed by atoms with Crippen molar-refractivity contribution < 1.29 is 4.42 Å². The number of nitrogens with zero attached hydrogens (tertiary/aromatic N) is 3. The highest BCUT2D eigenvalue weighted by Gasteiger charge is 2.16. The number of aromatic nitrogens is 3. The second-order valence-corrected chi connectivity index (χ2v) is 13.6. The number of benzene rings is 8. The third-order valence-corrected chi connectivity index (χ3v) is 10.5. The van der Waals surface area contributed by atoms with Crippen LogP contribution in [0.3, 0.4) is 0 Å². The zero-order valence-electron chi connectivity index (χ0n) is 28.6. The van der Waals surface area contributed by atoms with E-state index in [9.17, 15) is 0 Å². The predicted molar refractivity (Wildman–Crippen MR) is 219 cm³/mol. The van der Waals surface area contributed by atoms with Gasteiger partial charge in [-0.2, -0.15) is 0 Å². The normalized spacial score (nSPS) is 11.8. The van der Waals surface area contributed by atoms with E-state index in [1.165, 1.54) is 27.4 Å². The van der Waals surface area contributed by atoms with Crippen molar-refractivity contribution in [3.05, 3.63) is 188 Å². The summed E-state index contributed by atoms with van der Waals surface area (Å²) in [7, 11) is 0. The minimum Gasteiger partial charge on any atom is -0.456 e. The van der Waals surface area contributed by atoms with Gasteiger partial charge in [0.05, 0.1) is 22.1 Å². The maximum absolute atomic E-state index is 6.36. The summed E-state index contributed by atoms with van der Waals surface area (Å²) in [5, 5.41) is 4.71. The molecule has 3 heterocycles. The van der Waals surface area contributed by atoms with E-state index in [0.717, 1.165) is 72.4 Å². The number of fused-ring (bicyclic) bond motifs is 7. The molecule has 11 aromatic rings. The molecule has 248 valence electrons. The van der Waals surface area contributed by atoms with Gasteiger partial charge in [-0.1, -0.05) is 109 Å². The highest BCUT2D eigenvalue weighted by Crippen LogP contribution is 2.38. The lowest BCUT2D eigenvalue weighted by molar-refractivity contribution is 0.669.